The molecule has 0 bridgehead atoms. The summed E-state index contributed by atoms with van der Waals surface area (Å²) in [5.41, 5.74) is 5.59. The number of rotatable bonds is 4. The van der Waals surface area contributed by atoms with Gasteiger partial charge in [0.15, 0.2) is 0 Å². The first-order valence-electron chi connectivity index (χ1n) is 5.57. The molecule has 8 heteroatoms. The first-order chi connectivity index (χ1) is 8.34. The van der Waals surface area contributed by atoms with Crippen LogP contribution in [0.25, 0.3) is 0 Å². The van der Waals surface area contributed by atoms with Gasteiger partial charge in [-0.15, -0.1) is 12.4 Å². The third-order valence-electron chi connectivity index (χ3n) is 3.17. The number of halogens is 3. The van der Waals surface area contributed by atoms with E-state index in [-0.39, 0.29) is 28.9 Å². The normalized spacial score (nSPS) is 17.4. The highest BCUT2D eigenvalue weighted by Crippen LogP contribution is 2.31. The van der Waals surface area contributed by atoms with Crippen molar-refractivity contribution in [2.45, 2.75) is 29.7 Å². The summed E-state index contributed by atoms with van der Waals surface area (Å²) >= 11 is 9.18. The van der Waals surface area contributed by atoms with Gasteiger partial charge in [-0.3, -0.25) is 0 Å². The van der Waals surface area contributed by atoms with Gasteiger partial charge in [0.2, 0.25) is 10.0 Å². The van der Waals surface area contributed by atoms with Crippen molar-refractivity contribution < 1.29 is 8.42 Å². The number of sulfonamides is 1. The van der Waals surface area contributed by atoms with Crippen LogP contribution in [0.2, 0.25) is 5.02 Å². The summed E-state index contributed by atoms with van der Waals surface area (Å²) in [5, 5.41) is 0.185. The zero-order chi connectivity index (χ0) is 13.4. The minimum Gasteiger partial charge on any atom is -0.324 e. The largest absolute Gasteiger partial charge is 0.324 e. The molecular weight excluding hydrogens is 375 g/mol. The van der Waals surface area contributed by atoms with Gasteiger partial charge in [-0.2, -0.15) is 0 Å². The van der Waals surface area contributed by atoms with Crippen molar-refractivity contribution in [1.29, 1.82) is 0 Å². The van der Waals surface area contributed by atoms with E-state index in [1.165, 1.54) is 6.07 Å². The van der Waals surface area contributed by atoms with Crippen LogP contribution in [-0.4, -0.2) is 20.5 Å². The molecule has 0 aromatic heterocycles. The Hall–Kier alpha value is 0.150. The van der Waals surface area contributed by atoms with E-state index in [4.69, 9.17) is 17.3 Å². The molecule has 1 aromatic rings. The second-order valence-corrected chi connectivity index (χ2v) is 7.56. The van der Waals surface area contributed by atoms with E-state index in [1.807, 2.05) is 0 Å². The van der Waals surface area contributed by atoms with Gasteiger partial charge in [-0.25, -0.2) is 13.1 Å². The van der Waals surface area contributed by atoms with Crippen LogP contribution in [-0.2, 0) is 10.0 Å². The first-order valence-corrected chi connectivity index (χ1v) is 8.22. The molecule has 0 saturated heterocycles. The molecule has 108 valence electrons. The second-order valence-electron chi connectivity index (χ2n) is 4.59. The van der Waals surface area contributed by atoms with Crippen molar-refractivity contribution in [3.05, 3.63) is 27.7 Å². The SMILES string of the molecule is Cl.NC1(CNS(=O)(=O)c2cccc(Br)c2Cl)CCC1. The molecule has 4 nitrogen and oxygen atoms in total. The third kappa shape index (κ3) is 3.83. The number of hydrogen-bond donors (Lipinski definition) is 2. The Balaban J connectivity index is 0.00000180. The van der Waals surface area contributed by atoms with Crippen LogP contribution in [0.4, 0.5) is 0 Å². The molecule has 0 aliphatic heterocycles. The van der Waals surface area contributed by atoms with E-state index >= 15 is 0 Å². The van der Waals surface area contributed by atoms with Crippen LogP contribution in [0.15, 0.2) is 27.6 Å². The molecule has 1 fully saturated rings. The van der Waals surface area contributed by atoms with Gasteiger partial charge in [0, 0.05) is 16.6 Å². The Kier molecular flexibility index (Phi) is 5.69. The Morgan fingerprint density at radius 1 is 1.42 bits per heavy atom. The molecule has 1 aliphatic rings. The minimum absolute atomic E-state index is 0. The average Bonchev–Trinajstić information content (AvgIpc) is 2.27. The lowest BCUT2D eigenvalue weighted by molar-refractivity contribution is 0.251. The van der Waals surface area contributed by atoms with Crippen LogP contribution in [0.5, 0.6) is 0 Å². The molecule has 0 heterocycles. The lowest BCUT2D eigenvalue weighted by atomic mass is 9.78. The molecule has 1 aliphatic carbocycles. The van der Waals surface area contributed by atoms with Crippen molar-refractivity contribution in [2.24, 2.45) is 5.73 Å². The Morgan fingerprint density at radius 2 is 2.05 bits per heavy atom. The predicted molar refractivity (Wildman–Crippen MR) is 82.4 cm³/mol. The molecule has 1 aromatic carbocycles. The molecule has 3 N–H and O–H groups in total. The summed E-state index contributed by atoms with van der Waals surface area (Å²) in [6.07, 6.45) is 2.75. The first kappa shape index (κ1) is 17.2. The van der Waals surface area contributed by atoms with E-state index in [1.54, 1.807) is 12.1 Å². The lowest BCUT2D eigenvalue weighted by Gasteiger charge is -2.38. The van der Waals surface area contributed by atoms with Crippen LogP contribution in [0, 0.1) is 0 Å². The monoisotopic (exact) mass is 388 g/mol. The summed E-state index contributed by atoms with van der Waals surface area (Å²) in [5.74, 6) is 0. The Morgan fingerprint density at radius 3 is 2.58 bits per heavy atom. The molecule has 0 atom stereocenters. The van der Waals surface area contributed by atoms with E-state index in [0.29, 0.717) is 4.47 Å². The highest BCUT2D eigenvalue weighted by atomic mass is 79.9. The maximum absolute atomic E-state index is 12.1. The van der Waals surface area contributed by atoms with Crippen molar-refractivity contribution in [3.63, 3.8) is 0 Å². The van der Waals surface area contributed by atoms with Crippen molar-refractivity contribution >= 4 is 50.0 Å². The molecule has 0 unspecified atom stereocenters. The summed E-state index contributed by atoms with van der Waals surface area (Å²) in [7, 11) is -3.61. The van der Waals surface area contributed by atoms with Crippen LogP contribution in [0.1, 0.15) is 19.3 Å². The fraction of sp³-hybridized carbons (Fsp3) is 0.455. The number of benzene rings is 1. The summed E-state index contributed by atoms with van der Waals surface area (Å²) in [6, 6.07) is 4.79. The molecule has 0 radical (unpaired) electrons. The maximum Gasteiger partial charge on any atom is 0.242 e. The van der Waals surface area contributed by atoms with Crippen molar-refractivity contribution in [2.75, 3.05) is 6.54 Å². The van der Waals surface area contributed by atoms with Crippen molar-refractivity contribution in [3.8, 4) is 0 Å². The summed E-state index contributed by atoms with van der Waals surface area (Å²) < 4.78 is 27.3. The summed E-state index contributed by atoms with van der Waals surface area (Å²) in [4.78, 5) is 0.0708. The Labute approximate surface area is 132 Å². The third-order valence-corrected chi connectivity index (χ3v) is 6.02. The number of nitrogens with one attached hydrogen (secondary N) is 1. The predicted octanol–water partition coefficient (Wildman–Crippen LogP) is 2.68. The molecule has 19 heavy (non-hydrogen) atoms. The number of hydrogen-bond acceptors (Lipinski definition) is 3. The molecule has 0 spiro atoms. The summed E-state index contributed by atoms with van der Waals surface area (Å²) in [6.45, 7) is 0.248. The van der Waals surface area contributed by atoms with E-state index < -0.39 is 15.6 Å². The van der Waals surface area contributed by atoms with Gasteiger partial charge in [0.25, 0.3) is 0 Å². The van der Waals surface area contributed by atoms with E-state index in [9.17, 15) is 8.42 Å². The van der Waals surface area contributed by atoms with Gasteiger partial charge < -0.3 is 5.73 Å². The second kappa shape index (κ2) is 6.28. The van der Waals surface area contributed by atoms with Gasteiger partial charge in [0.1, 0.15) is 4.90 Å². The number of nitrogens with two attached hydrogens (primary N) is 1. The molecule has 0 amide bonds. The highest BCUT2D eigenvalue weighted by Gasteiger charge is 2.34. The van der Waals surface area contributed by atoms with Crippen LogP contribution in [0.3, 0.4) is 0 Å². The zero-order valence-corrected chi connectivity index (χ0v) is 14.0. The highest BCUT2D eigenvalue weighted by molar-refractivity contribution is 9.10. The van der Waals surface area contributed by atoms with Crippen molar-refractivity contribution in [1.82, 2.24) is 4.72 Å². The van der Waals surface area contributed by atoms with E-state index in [2.05, 4.69) is 20.7 Å². The van der Waals surface area contributed by atoms with Gasteiger partial charge in [0.05, 0.1) is 5.02 Å². The fourth-order valence-electron chi connectivity index (χ4n) is 1.82. The van der Waals surface area contributed by atoms with E-state index in [0.717, 1.165) is 19.3 Å². The van der Waals surface area contributed by atoms with Crippen LogP contribution >= 0.6 is 39.9 Å². The van der Waals surface area contributed by atoms with Crippen LogP contribution < -0.4 is 10.5 Å². The minimum atomic E-state index is -3.61. The quantitative estimate of drug-likeness (QED) is 0.831. The van der Waals surface area contributed by atoms with Gasteiger partial charge in [-0.05, 0) is 47.3 Å². The van der Waals surface area contributed by atoms with Gasteiger partial charge >= 0.3 is 0 Å². The van der Waals surface area contributed by atoms with Gasteiger partial charge in [-0.1, -0.05) is 17.7 Å². The average molecular weight is 390 g/mol. The maximum atomic E-state index is 12.1. The smallest absolute Gasteiger partial charge is 0.242 e. The zero-order valence-electron chi connectivity index (χ0n) is 10.0. The molecule has 2 rings (SSSR count). The fourth-order valence-corrected chi connectivity index (χ4v) is 3.98. The molecular formula is C11H15BrCl2N2O2S. The Bertz CT molecular complexity index is 562. The molecule has 1 saturated carbocycles. The lowest BCUT2D eigenvalue weighted by Crippen LogP contribution is -2.54. The standard InChI is InChI=1S/C11H14BrClN2O2S.ClH/c12-8-3-1-4-9(10(8)13)18(16,17)15-7-11(14)5-2-6-11;/h1,3-4,15H,2,5-7,14H2;1H. The topological polar surface area (TPSA) is 72.2 Å².